The van der Waals surface area contributed by atoms with Crippen LogP contribution in [0.3, 0.4) is 0 Å². The minimum Gasteiger partial charge on any atom is -0.493 e. The Morgan fingerprint density at radius 3 is 2.30 bits per heavy atom. The normalized spacial score (nSPS) is 15.3. The average Bonchev–Trinajstić information content (AvgIpc) is 2.72. The van der Waals surface area contributed by atoms with E-state index in [4.69, 9.17) is 4.74 Å². The van der Waals surface area contributed by atoms with Crippen LogP contribution in [0.25, 0.3) is 0 Å². The van der Waals surface area contributed by atoms with Crippen molar-refractivity contribution in [2.24, 2.45) is 5.92 Å². The Kier molecular flexibility index (Phi) is 6.47. The highest BCUT2D eigenvalue weighted by molar-refractivity contribution is 7.89. The maximum Gasteiger partial charge on any atom is 0.266 e. The zero-order valence-corrected chi connectivity index (χ0v) is 15.9. The fourth-order valence-corrected chi connectivity index (χ4v) is 3.96. The van der Waals surface area contributed by atoms with Crippen molar-refractivity contribution in [2.45, 2.75) is 37.0 Å². The second-order valence-electron chi connectivity index (χ2n) is 6.71. The van der Waals surface area contributed by atoms with Crippen LogP contribution >= 0.6 is 0 Å². The molecule has 1 fully saturated rings. The molecule has 0 aliphatic heterocycles. The zero-order chi connectivity index (χ0) is 19.1. The number of ether oxygens (including phenoxy) is 1. The molecular weight excluding hydrogens is 364 g/mol. The van der Waals surface area contributed by atoms with E-state index in [0.717, 1.165) is 0 Å². The quantitative estimate of drug-likeness (QED) is 0.713. The summed E-state index contributed by atoms with van der Waals surface area (Å²) in [6.07, 6.45) is 6.20. The maximum atomic E-state index is 12.3. The molecule has 0 aromatic heterocycles. The van der Waals surface area contributed by atoms with Crippen molar-refractivity contribution >= 4 is 15.9 Å². The smallest absolute Gasteiger partial charge is 0.266 e. The Morgan fingerprint density at radius 2 is 1.63 bits per heavy atom. The number of hydrazine groups is 1. The molecule has 0 spiro atoms. The first-order chi connectivity index (χ1) is 13.0. The van der Waals surface area contributed by atoms with Gasteiger partial charge in [0.05, 0.1) is 11.5 Å². The highest BCUT2D eigenvalue weighted by atomic mass is 32.2. The number of carbonyl (C=O) groups excluding carboxylic acids is 1. The molecule has 2 aromatic rings. The zero-order valence-electron chi connectivity index (χ0n) is 15.1. The van der Waals surface area contributed by atoms with Crippen molar-refractivity contribution in [1.29, 1.82) is 0 Å². The van der Waals surface area contributed by atoms with Gasteiger partial charge in [-0.25, -0.2) is 8.42 Å². The van der Waals surface area contributed by atoms with Gasteiger partial charge in [0.1, 0.15) is 5.75 Å². The highest BCUT2D eigenvalue weighted by Crippen LogP contribution is 2.25. The van der Waals surface area contributed by atoms with E-state index in [1.54, 1.807) is 42.5 Å². The first kappa shape index (κ1) is 19.4. The third-order valence-corrected chi connectivity index (χ3v) is 5.94. The minimum absolute atomic E-state index is 0.0564. The van der Waals surface area contributed by atoms with Crippen molar-refractivity contribution in [2.75, 3.05) is 6.61 Å². The average molecular weight is 388 g/mol. The number of hydrogen-bond donors (Lipinski definition) is 2. The van der Waals surface area contributed by atoms with Gasteiger partial charge in [0, 0.05) is 5.56 Å². The van der Waals surface area contributed by atoms with Crippen LogP contribution in [0.2, 0.25) is 0 Å². The molecule has 1 aliphatic rings. The molecule has 6 nitrogen and oxygen atoms in total. The van der Waals surface area contributed by atoms with Gasteiger partial charge in [0.25, 0.3) is 15.9 Å². The molecule has 144 valence electrons. The van der Waals surface area contributed by atoms with Crippen LogP contribution in [0, 0.1) is 5.92 Å². The fourth-order valence-electron chi connectivity index (χ4n) is 3.12. The van der Waals surface area contributed by atoms with Crippen molar-refractivity contribution in [3.05, 3.63) is 60.2 Å². The van der Waals surface area contributed by atoms with Gasteiger partial charge in [-0.2, -0.15) is 0 Å². The van der Waals surface area contributed by atoms with E-state index in [2.05, 4.69) is 10.3 Å². The van der Waals surface area contributed by atoms with Crippen LogP contribution in [0.4, 0.5) is 0 Å². The largest absolute Gasteiger partial charge is 0.493 e. The number of sulfonamides is 1. The predicted octanol–water partition coefficient (Wildman–Crippen LogP) is 3.27. The molecule has 0 bridgehead atoms. The molecule has 1 aliphatic carbocycles. The standard InChI is InChI=1S/C20H24N2O4S/c23-20(17-9-5-2-6-10-17)21-22-27(24,25)19-13-11-18(12-14-19)26-15-16-7-3-1-4-8-16/h2,5-6,9-14,16,22H,1,3-4,7-8,15H2,(H,21,23). The molecule has 0 heterocycles. The first-order valence-corrected chi connectivity index (χ1v) is 10.6. The molecule has 0 saturated heterocycles. The lowest BCUT2D eigenvalue weighted by molar-refractivity contribution is 0.0945. The fraction of sp³-hybridized carbons (Fsp3) is 0.350. The van der Waals surface area contributed by atoms with Crippen LogP contribution in [-0.4, -0.2) is 20.9 Å². The van der Waals surface area contributed by atoms with Gasteiger partial charge < -0.3 is 4.74 Å². The van der Waals surface area contributed by atoms with Crippen LogP contribution in [0.1, 0.15) is 42.5 Å². The molecule has 2 N–H and O–H groups in total. The summed E-state index contributed by atoms with van der Waals surface area (Å²) in [6.45, 7) is 0.664. The van der Waals surface area contributed by atoms with Crippen LogP contribution in [-0.2, 0) is 10.0 Å². The summed E-state index contributed by atoms with van der Waals surface area (Å²) in [5.74, 6) is 0.705. The summed E-state index contributed by atoms with van der Waals surface area (Å²) in [7, 11) is -3.85. The molecule has 0 atom stereocenters. The number of hydrogen-bond acceptors (Lipinski definition) is 4. The van der Waals surface area contributed by atoms with E-state index < -0.39 is 15.9 Å². The van der Waals surface area contributed by atoms with Gasteiger partial charge in [-0.1, -0.05) is 37.5 Å². The summed E-state index contributed by atoms with van der Waals surface area (Å²) in [5.41, 5.74) is 2.58. The third kappa shape index (κ3) is 5.55. The molecule has 27 heavy (non-hydrogen) atoms. The lowest BCUT2D eigenvalue weighted by Crippen LogP contribution is -2.41. The van der Waals surface area contributed by atoms with Crippen molar-refractivity contribution in [3.8, 4) is 5.75 Å². The Morgan fingerprint density at radius 1 is 0.963 bits per heavy atom. The number of rotatable bonds is 7. The summed E-state index contributed by atoms with van der Waals surface area (Å²) in [4.78, 5) is 14.1. The summed E-state index contributed by atoms with van der Waals surface area (Å²) >= 11 is 0. The molecule has 1 amide bonds. The number of amides is 1. The van der Waals surface area contributed by atoms with Gasteiger partial charge in [0.15, 0.2) is 0 Å². The second kappa shape index (κ2) is 9.01. The summed E-state index contributed by atoms with van der Waals surface area (Å²) in [5, 5.41) is 0. The Hall–Kier alpha value is -2.38. The van der Waals surface area contributed by atoms with E-state index in [1.807, 2.05) is 0 Å². The molecule has 1 saturated carbocycles. The number of carbonyl (C=O) groups is 1. The SMILES string of the molecule is O=C(NNS(=O)(=O)c1ccc(OCC2CCCCC2)cc1)c1ccccc1. The molecule has 0 radical (unpaired) electrons. The van der Waals surface area contributed by atoms with Crippen molar-refractivity contribution in [3.63, 3.8) is 0 Å². The monoisotopic (exact) mass is 388 g/mol. The summed E-state index contributed by atoms with van der Waals surface area (Å²) in [6, 6.07) is 14.6. The van der Waals surface area contributed by atoms with E-state index >= 15 is 0 Å². The van der Waals surface area contributed by atoms with E-state index in [1.165, 1.54) is 44.2 Å². The van der Waals surface area contributed by atoms with Gasteiger partial charge in [0.2, 0.25) is 0 Å². The van der Waals surface area contributed by atoms with Gasteiger partial charge in [-0.05, 0) is 55.2 Å². The van der Waals surface area contributed by atoms with E-state index in [0.29, 0.717) is 23.8 Å². The lowest BCUT2D eigenvalue weighted by Gasteiger charge is -2.21. The van der Waals surface area contributed by atoms with Crippen LogP contribution < -0.4 is 15.0 Å². The Balaban J connectivity index is 1.54. The van der Waals surface area contributed by atoms with E-state index in [-0.39, 0.29) is 4.90 Å². The van der Waals surface area contributed by atoms with Crippen LogP contribution in [0.15, 0.2) is 59.5 Å². The first-order valence-electron chi connectivity index (χ1n) is 9.15. The minimum atomic E-state index is -3.85. The van der Waals surface area contributed by atoms with E-state index in [9.17, 15) is 13.2 Å². The second-order valence-corrected chi connectivity index (χ2v) is 8.39. The van der Waals surface area contributed by atoms with Crippen molar-refractivity contribution < 1.29 is 17.9 Å². The lowest BCUT2D eigenvalue weighted by atomic mass is 9.90. The topological polar surface area (TPSA) is 84.5 Å². The highest BCUT2D eigenvalue weighted by Gasteiger charge is 2.17. The van der Waals surface area contributed by atoms with Gasteiger partial charge in [-0.15, -0.1) is 4.83 Å². The molecule has 0 unspecified atom stereocenters. The van der Waals surface area contributed by atoms with Crippen LogP contribution in [0.5, 0.6) is 5.75 Å². The summed E-state index contributed by atoms with van der Waals surface area (Å²) < 4.78 is 30.4. The third-order valence-electron chi connectivity index (χ3n) is 4.68. The maximum absolute atomic E-state index is 12.3. The molecule has 7 heteroatoms. The number of nitrogens with one attached hydrogen (secondary N) is 2. The van der Waals surface area contributed by atoms with Gasteiger partial charge >= 0.3 is 0 Å². The predicted molar refractivity (Wildman–Crippen MR) is 103 cm³/mol. The Labute approximate surface area is 160 Å². The number of benzene rings is 2. The molecule has 3 rings (SSSR count). The molecule has 2 aromatic carbocycles. The van der Waals surface area contributed by atoms with Crippen molar-refractivity contribution in [1.82, 2.24) is 10.3 Å². The molecular formula is C20H24N2O4S. The van der Waals surface area contributed by atoms with Gasteiger partial charge in [-0.3, -0.25) is 10.2 Å². The Bertz CT molecular complexity index is 845.